The van der Waals surface area contributed by atoms with E-state index in [1.54, 1.807) is 30.5 Å². The molecule has 1 amide bonds. The molecule has 4 nitrogen and oxygen atoms in total. The number of aromatic nitrogens is 1. The second-order valence-electron chi connectivity index (χ2n) is 6.87. The van der Waals surface area contributed by atoms with Crippen LogP contribution < -0.4 is 5.43 Å². The molecule has 0 unspecified atom stereocenters. The summed E-state index contributed by atoms with van der Waals surface area (Å²) < 4.78 is 2.20. The van der Waals surface area contributed by atoms with E-state index in [-0.39, 0.29) is 5.91 Å². The van der Waals surface area contributed by atoms with Gasteiger partial charge in [-0.15, -0.1) is 0 Å². The number of nitrogens with zero attached hydrogens (tertiary/aromatic N) is 2. The molecular weight excluding hydrogens is 417 g/mol. The lowest BCUT2D eigenvalue weighted by Gasteiger charge is -2.10. The van der Waals surface area contributed by atoms with Gasteiger partial charge in [0.25, 0.3) is 5.91 Å². The molecule has 0 saturated carbocycles. The summed E-state index contributed by atoms with van der Waals surface area (Å²) in [4.78, 5) is 12.4. The van der Waals surface area contributed by atoms with Gasteiger partial charge in [0.15, 0.2) is 0 Å². The average molecular weight is 436 g/mol. The predicted octanol–water partition coefficient (Wildman–Crippen LogP) is 6.07. The summed E-state index contributed by atoms with van der Waals surface area (Å²) in [5.74, 6) is -0.352. The van der Waals surface area contributed by atoms with Gasteiger partial charge < -0.3 is 4.57 Å². The van der Waals surface area contributed by atoms with Crippen molar-refractivity contribution in [1.29, 1.82) is 0 Å². The Labute approximate surface area is 184 Å². The molecule has 1 N–H and O–H groups in total. The van der Waals surface area contributed by atoms with Gasteiger partial charge in [-0.1, -0.05) is 71.7 Å². The number of hydrogen-bond acceptors (Lipinski definition) is 2. The molecule has 0 atom stereocenters. The molecule has 0 radical (unpaired) electrons. The topological polar surface area (TPSA) is 46.4 Å². The van der Waals surface area contributed by atoms with Crippen LogP contribution in [0.15, 0.2) is 77.9 Å². The smallest absolute Gasteiger partial charge is 0.272 e. The largest absolute Gasteiger partial charge is 0.340 e. The third kappa shape index (κ3) is 3.97. The quantitative estimate of drug-likeness (QED) is 0.300. The van der Waals surface area contributed by atoms with Crippen LogP contribution in [-0.2, 0) is 6.54 Å². The fraction of sp³-hybridized carbons (Fsp3) is 0.0833. The number of hydrazone groups is 1. The number of hydrogen-bond donors (Lipinski definition) is 1. The Morgan fingerprint density at radius 1 is 0.967 bits per heavy atom. The lowest BCUT2D eigenvalue weighted by molar-refractivity contribution is 0.0955. The van der Waals surface area contributed by atoms with Crippen LogP contribution in [0.5, 0.6) is 0 Å². The average Bonchev–Trinajstić information content (AvgIpc) is 3.01. The number of halogens is 2. The van der Waals surface area contributed by atoms with E-state index in [1.165, 1.54) is 0 Å². The van der Waals surface area contributed by atoms with Crippen molar-refractivity contribution in [3.63, 3.8) is 0 Å². The summed E-state index contributed by atoms with van der Waals surface area (Å²) in [5, 5.41) is 6.36. The molecule has 0 aliphatic carbocycles. The number of para-hydroxylation sites is 1. The summed E-state index contributed by atoms with van der Waals surface area (Å²) in [6.07, 6.45) is 1.68. The number of nitrogens with one attached hydrogen (secondary N) is 1. The zero-order chi connectivity index (χ0) is 21.1. The highest BCUT2D eigenvalue weighted by atomic mass is 35.5. The molecule has 0 fully saturated rings. The summed E-state index contributed by atoms with van der Waals surface area (Å²) in [5.41, 5.74) is 7.04. The van der Waals surface area contributed by atoms with Gasteiger partial charge in [0.05, 0.1) is 16.8 Å². The number of fused-ring (bicyclic) bond motifs is 1. The van der Waals surface area contributed by atoms with E-state index in [0.29, 0.717) is 17.1 Å². The molecule has 0 aliphatic rings. The second-order valence-corrected chi connectivity index (χ2v) is 7.69. The molecule has 1 aromatic heterocycles. The van der Waals surface area contributed by atoms with Crippen LogP contribution in [0.4, 0.5) is 0 Å². The lowest BCUT2D eigenvalue weighted by atomic mass is 10.1. The fourth-order valence-electron chi connectivity index (χ4n) is 3.48. The molecule has 1 heterocycles. The van der Waals surface area contributed by atoms with Crippen LogP contribution in [0.25, 0.3) is 10.9 Å². The van der Waals surface area contributed by atoms with Gasteiger partial charge in [0, 0.05) is 33.7 Å². The normalized spacial score (nSPS) is 11.3. The van der Waals surface area contributed by atoms with Crippen LogP contribution in [0.1, 0.15) is 27.2 Å². The lowest BCUT2D eigenvalue weighted by Crippen LogP contribution is -2.18. The van der Waals surface area contributed by atoms with Gasteiger partial charge in [-0.05, 0) is 36.8 Å². The van der Waals surface area contributed by atoms with Gasteiger partial charge in [0.2, 0.25) is 0 Å². The standard InChI is InChI=1S/C24H19Cl2N3O/c1-16-20(14-27-28-24(30)19-10-3-6-12-22(19)26)18-9-4-7-13-23(18)29(16)15-17-8-2-5-11-21(17)25/h2-14H,15H2,1H3,(H,28,30)/b27-14-. The van der Waals surface area contributed by atoms with Crippen molar-refractivity contribution in [3.8, 4) is 0 Å². The summed E-state index contributed by atoms with van der Waals surface area (Å²) in [6, 6.07) is 22.8. The first-order valence-electron chi connectivity index (χ1n) is 9.45. The highest BCUT2D eigenvalue weighted by Crippen LogP contribution is 2.27. The Hall–Kier alpha value is -3.08. The molecule has 6 heteroatoms. The zero-order valence-electron chi connectivity index (χ0n) is 16.3. The number of benzene rings is 3. The van der Waals surface area contributed by atoms with Crippen molar-refractivity contribution >= 4 is 46.2 Å². The van der Waals surface area contributed by atoms with E-state index in [1.807, 2.05) is 49.4 Å². The van der Waals surface area contributed by atoms with E-state index in [0.717, 1.165) is 32.7 Å². The van der Waals surface area contributed by atoms with Crippen LogP contribution in [0.2, 0.25) is 10.0 Å². The van der Waals surface area contributed by atoms with Crippen molar-refractivity contribution < 1.29 is 4.79 Å². The highest BCUT2D eigenvalue weighted by Gasteiger charge is 2.14. The molecule has 0 bridgehead atoms. The monoisotopic (exact) mass is 435 g/mol. The Bertz CT molecular complexity index is 1260. The Balaban J connectivity index is 1.65. The molecule has 0 saturated heterocycles. The van der Waals surface area contributed by atoms with Crippen molar-refractivity contribution in [3.05, 3.63) is 105 Å². The summed E-state index contributed by atoms with van der Waals surface area (Å²) in [6.45, 7) is 2.68. The predicted molar refractivity (Wildman–Crippen MR) is 124 cm³/mol. The highest BCUT2D eigenvalue weighted by molar-refractivity contribution is 6.33. The maximum atomic E-state index is 12.4. The van der Waals surface area contributed by atoms with Crippen LogP contribution >= 0.6 is 23.2 Å². The molecule has 0 spiro atoms. The number of carbonyl (C=O) groups excluding carboxylic acids is 1. The first-order chi connectivity index (χ1) is 14.6. The van der Waals surface area contributed by atoms with Crippen molar-refractivity contribution in [1.82, 2.24) is 9.99 Å². The fourth-order valence-corrected chi connectivity index (χ4v) is 3.90. The van der Waals surface area contributed by atoms with Gasteiger partial charge >= 0.3 is 0 Å². The number of rotatable bonds is 5. The van der Waals surface area contributed by atoms with E-state index < -0.39 is 0 Å². The summed E-state index contributed by atoms with van der Waals surface area (Å²) >= 11 is 12.5. The molecule has 30 heavy (non-hydrogen) atoms. The third-order valence-electron chi connectivity index (χ3n) is 5.04. The van der Waals surface area contributed by atoms with Crippen LogP contribution in [0, 0.1) is 6.92 Å². The van der Waals surface area contributed by atoms with Gasteiger partial charge in [-0.2, -0.15) is 5.10 Å². The zero-order valence-corrected chi connectivity index (χ0v) is 17.8. The molecular formula is C24H19Cl2N3O. The minimum Gasteiger partial charge on any atom is -0.340 e. The van der Waals surface area contributed by atoms with Crippen molar-refractivity contribution in [2.75, 3.05) is 0 Å². The maximum Gasteiger partial charge on any atom is 0.272 e. The number of carbonyl (C=O) groups is 1. The van der Waals surface area contributed by atoms with Gasteiger partial charge in [-0.3, -0.25) is 4.79 Å². The summed E-state index contributed by atoms with van der Waals surface area (Å²) in [7, 11) is 0. The van der Waals surface area contributed by atoms with Gasteiger partial charge in [0.1, 0.15) is 0 Å². The number of amides is 1. The van der Waals surface area contributed by atoms with Gasteiger partial charge in [-0.25, -0.2) is 5.43 Å². The van der Waals surface area contributed by atoms with E-state index in [9.17, 15) is 4.79 Å². The Morgan fingerprint density at radius 3 is 2.40 bits per heavy atom. The van der Waals surface area contributed by atoms with E-state index in [2.05, 4.69) is 21.2 Å². The van der Waals surface area contributed by atoms with Crippen LogP contribution in [0.3, 0.4) is 0 Å². The molecule has 3 aromatic carbocycles. The maximum absolute atomic E-state index is 12.4. The SMILES string of the molecule is Cc1c(/C=N\NC(=O)c2ccccc2Cl)c2ccccc2n1Cc1ccccc1Cl. The Kier molecular flexibility index (Phi) is 5.88. The molecule has 4 rings (SSSR count). The first kappa shape index (κ1) is 20.2. The van der Waals surface area contributed by atoms with Crippen molar-refractivity contribution in [2.45, 2.75) is 13.5 Å². The second kappa shape index (κ2) is 8.74. The molecule has 150 valence electrons. The Morgan fingerprint density at radius 2 is 1.63 bits per heavy atom. The van der Waals surface area contributed by atoms with E-state index >= 15 is 0 Å². The first-order valence-corrected chi connectivity index (χ1v) is 10.2. The minimum absolute atomic E-state index is 0.352. The molecule has 4 aromatic rings. The minimum atomic E-state index is -0.352. The third-order valence-corrected chi connectivity index (χ3v) is 5.74. The van der Waals surface area contributed by atoms with Crippen LogP contribution in [-0.4, -0.2) is 16.7 Å². The molecule has 0 aliphatic heterocycles. The van der Waals surface area contributed by atoms with E-state index in [4.69, 9.17) is 23.2 Å². The van der Waals surface area contributed by atoms with Crippen molar-refractivity contribution in [2.24, 2.45) is 5.10 Å².